The molecule has 2 heterocycles. The van der Waals surface area contributed by atoms with Gasteiger partial charge in [0.05, 0.1) is 28.4 Å². The second-order valence-electron chi connectivity index (χ2n) is 9.75. The van der Waals surface area contributed by atoms with Gasteiger partial charge < -0.3 is 15.5 Å². The number of allylic oxidation sites excluding steroid dienone is 3. The largest absolute Gasteiger partial charge is 0.381 e. The molecule has 222 valence electrons. The molecule has 41 heavy (non-hydrogen) atoms. The van der Waals surface area contributed by atoms with Gasteiger partial charge in [0.1, 0.15) is 22.6 Å². The van der Waals surface area contributed by atoms with Crippen LogP contribution in [-0.2, 0) is 18.0 Å². The van der Waals surface area contributed by atoms with Crippen molar-refractivity contribution in [3.63, 3.8) is 0 Å². The topological polar surface area (TPSA) is 118 Å². The number of rotatable bonds is 10. The average Bonchev–Trinajstić information content (AvgIpc) is 2.97. The van der Waals surface area contributed by atoms with Gasteiger partial charge in [-0.05, 0) is 63.8 Å². The van der Waals surface area contributed by atoms with E-state index in [1.807, 2.05) is 53.7 Å². The maximum atomic E-state index is 16.2. The summed E-state index contributed by atoms with van der Waals surface area (Å²) in [6.45, 7) is 13.3. The molecule has 1 aliphatic carbocycles. The molecule has 0 saturated carbocycles. The lowest BCUT2D eigenvalue weighted by molar-refractivity contribution is 0.606. The Morgan fingerprint density at radius 1 is 1.22 bits per heavy atom. The third-order valence-corrected chi connectivity index (χ3v) is 7.82. The quantitative estimate of drug-likeness (QED) is 0.311. The fourth-order valence-corrected chi connectivity index (χ4v) is 5.59. The highest BCUT2D eigenvalue weighted by atomic mass is 32.2. The third-order valence-electron chi connectivity index (χ3n) is 7.00. The van der Waals surface area contributed by atoms with Crippen LogP contribution in [0.1, 0.15) is 63.5 Å². The van der Waals surface area contributed by atoms with Gasteiger partial charge in [0.2, 0.25) is 0 Å². The molecule has 2 atom stereocenters. The van der Waals surface area contributed by atoms with Crippen LogP contribution in [0.15, 0.2) is 52.1 Å². The number of pyridine rings is 1. The summed E-state index contributed by atoms with van der Waals surface area (Å²) in [6, 6.07) is 3.25. The van der Waals surface area contributed by atoms with E-state index in [-0.39, 0.29) is 22.8 Å². The molecule has 1 unspecified atom stereocenters. The minimum Gasteiger partial charge on any atom is -0.381 e. The smallest absolute Gasteiger partial charge is 0.259 e. The molecule has 4 N–H and O–H groups in total. The van der Waals surface area contributed by atoms with Gasteiger partial charge in [-0.15, -0.1) is 0 Å². The highest BCUT2D eigenvalue weighted by molar-refractivity contribution is 7.87. The number of hydrogen-bond acceptors (Lipinski definition) is 7. The van der Waals surface area contributed by atoms with Gasteiger partial charge in [0, 0.05) is 43.8 Å². The van der Waals surface area contributed by atoms with Crippen LogP contribution in [0.2, 0.25) is 0 Å². The Balaban J connectivity index is 0.00000226. The SMILES string of the molecule is CC.CCN(CCNc1c(F)c2c([C@@H](C)NC3=C(S(N)=O)C=CCC3)cc(C)cc2c(=O)n1C)c1cnc(C)nc1. The lowest BCUT2D eigenvalue weighted by Gasteiger charge is -2.25. The Bertz CT molecular complexity index is 1520. The zero-order valence-corrected chi connectivity index (χ0v) is 25.9. The lowest BCUT2D eigenvalue weighted by Crippen LogP contribution is -2.31. The van der Waals surface area contributed by atoms with Crippen LogP contribution in [0.5, 0.6) is 0 Å². The van der Waals surface area contributed by atoms with E-state index < -0.39 is 16.8 Å². The van der Waals surface area contributed by atoms with Gasteiger partial charge in [-0.1, -0.05) is 26.0 Å². The summed E-state index contributed by atoms with van der Waals surface area (Å²) in [5, 5.41) is 12.8. The lowest BCUT2D eigenvalue weighted by atomic mass is 9.96. The van der Waals surface area contributed by atoms with E-state index in [4.69, 9.17) is 5.14 Å². The molecule has 9 nitrogen and oxygen atoms in total. The van der Waals surface area contributed by atoms with Crippen molar-refractivity contribution in [2.24, 2.45) is 12.2 Å². The fourth-order valence-electron chi connectivity index (χ4n) is 4.95. The van der Waals surface area contributed by atoms with Crippen molar-refractivity contribution in [2.75, 3.05) is 29.9 Å². The molecule has 0 saturated heterocycles. The molecule has 2 aromatic heterocycles. The average molecular weight is 584 g/mol. The number of likely N-dealkylation sites (N-methyl/N-ethyl adjacent to an activating group) is 1. The van der Waals surface area contributed by atoms with Crippen molar-refractivity contribution in [2.45, 2.75) is 60.4 Å². The summed E-state index contributed by atoms with van der Waals surface area (Å²) in [4.78, 5) is 24.5. The summed E-state index contributed by atoms with van der Waals surface area (Å²) in [6.07, 6.45) is 8.68. The number of nitrogens with two attached hydrogens (primary N) is 1. The Morgan fingerprint density at radius 3 is 2.54 bits per heavy atom. The van der Waals surface area contributed by atoms with Crippen molar-refractivity contribution >= 4 is 33.3 Å². The van der Waals surface area contributed by atoms with E-state index in [1.54, 1.807) is 31.6 Å². The standard InChI is InChI=1S/C28H36FN7O2S.C2H6/c1-6-36(20-15-32-19(4)33-16-20)12-11-31-27-26(29)25-21(13-17(2)14-22(25)28(37)35(27)5)18(3)34-23-9-7-8-10-24(23)39(30)38;1-2/h8,10,13-16,18,31,34H,6-7,9,11-12,30H2,1-5H3;1-2H3/t18-,39?;/m1./s1. The Hall–Kier alpha value is -3.57. The van der Waals surface area contributed by atoms with E-state index >= 15 is 4.39 Å². The van der Waals surface area contributed by atoms with Gasteiger partial charge in [-0.25, -0.2) is 23.7 Å². The first kappa shape index (κ1) is 32.0. The first-order chi connectivity index (χ1) is 19.6. The Labute approximate surface area is 244 Å². The molecule has 4 rings (SSSR count). The molecule has 0 radical (unpaired) electrons. The number of aryl methyl sites for hydroxylation is 2. The van der Waals surface area contributed by atoms with Crippen LogP contribution in [-0.4, -0.2) is 38.4 Å². The zero-order valence-electron chi connectivity index (χ0n) is 25.0. The number of benzene rings is 1. The Morgan fingerprint density at radius 2 is 1.90 bits per heavy atom. The third kappa shape index (κ3) is 7.20. The maximum absolute atomic E-state index is 16.2. The van der Waals surface area contributed by atoms with Crippen molar-refractivity contribution in [1.82, 2.24) is 19.9 Å². The molecule has 0 fully saturated rings. The van der Waals surface area contributed by atoms with Gasteiger partial charge in [-0.3, -0.25) is 9.36 Å². The minimum absolute atomic E-state index is 0.129. The molecule has 0 bridgehead atoms. The summed E-state index contributed by atoms with van der Waals surface area (Å²) >= 11 is 0. The molecule has 1 aliphatic rings. The van der Waals surface area contributed by atoms with Crippen LogP contribution in [0.3, 0.4) is 0 Å². The van der Waals surface area contributed by atoms with Crippen molar-refractivity contribution in [1.29, 1.82) is 0 Å². The van der Waals surface area contributed by atoms with E-state index in [0.717, 1.165) is 29.9 Å². The summed E-state index contributed by atoms with van der Waals surface area (Å²) in [5.41, 5.74) is 2.86. The highest BCUT2D eigenvalue weighted by Crippen LogP contribution is 2.31. The highest BCUT2D eigenvalue weighted by Gasteiger charge is 2.23. The maximum Gasteiger partial charge on any atom is 0.259 e. The van der Waals surface area contributed by atoms with Gasteiger partial charge in [0.15, 0.2) is 5.82 Å². The van der Waals surface area contributed by atoms with Crippen LogP contribution in [0.4, 0.5) is 15.9 Å². The second kappa shape index (κ2) is 14.4. The summed E-state index contributed by atoms with van der Waals surface area (Å²) < 4.78 is 29.6. The molecule has 0 aliphatic heterocycles. The predicted octanol–water partition coefficient (Wildman–Crippen LogP) is 4.88. The molecule has 3 aromatic rings. The number of anilines is 2. The molecule has 11 heteroatoms. The predicted molar refractivity (Wildman–Crippen MR) is 168 cm³/mol. The van der Waals surface area contributed by atoms with Gasteiger partial charge in [0.25, 0.3) is 5.56 Å². The van der Waals surface area contributed by atoms with Crippen molar-refractivity contribution in [3.05, 3.63) is 80.4 Å². The zero-order chi connectivity index (χ0) is 30.3. The number of fused-ring (bicyclic) bond motifs is 1. The van der Waals surface area contributed by atoms with Crippen LogP contribution < -0.4 is 26.2 Å². The minimum atomic E-state index is -1.64. The first-order valence-electron chi connectivity index (χ1n) is 14.0. The number of hydrogen-bond donors (Lipinski definition) is 3. The number of halogens is 1. The van der Waals surface area contributed by atoms with Gasteiger partial charge in [-0.2, -0.15) is 0 Å². The molecular weight excluding hydrogens is 541 g/mol. The van der Waals surface area contributed by atoms with Crippen LogP contribution in [0, 0.1) is 19.7 Å². The van der Waals surface area contributed by atoms with E-state index in [0.29, 0.717) is 41.2 Å². The summed E-state index contributed by atoms with van der Waals surface area (Å²) in [7, 11) is -0.0703. The number of nitrogens with one attached hydrogen (secondary N) is 2. The molecule has 0 spiro atoms. The Kier molecular flexibility index (Phi) is 11.2. The van der Waals surface area contributed by atoms with Crippen LogP contribution >= 0.6 is 0 Å². The molecule has 1 aromatic carbocycles. The van der Waals surface area contributed by atoms with Crippen LogP contribution in [0.25, 0.3) is 10.8 Å². The fraction of sp³-hybridized carbons (Fsp3) is 0.433. The van der Waals surface area contributed by atoms with E-state index in [2.05, 4.69) is 25.5 Å². The van der Waals surface area contributed by atoms with E-state index in [9.17, 15) is 9.00 Å². The number of aromatic nitrogens is 3. The monoisotopic (exact) mass is 583 g/mol. The summed E-state index contributed by atoms with van der Waals surface area (Å²) in [5.74, 6) is 0.335. The molecule has 0 amide bonds. The van der Waals surface area contributed by atoms with Gasteiger partial charge >= 0.3 is 0 Å². The number of nitrogens with zero attached hydrogens (tertiary/aromatic N) is 4. The second-order valence-corrected chi connectivity index (χ2v) is 10.8. The molecular formula is C30H42FN7O2S. The normalized spacial score (nSPS) is 14.4. The van der Waals surface area contributed by atoms with E-state index in [1.165, 1.54) is 4.57 Å². The first-order valence-corrected chi connectivity index (χ1v) is 15.3. The van der Waals surface area contributed by atoms with Crippen molar-refractivity contribution < 1.29 is 8.60 Å². The van der Waals surface area contributed by atoms with Crippen molar-refractivity contribution in [3.8, 4) is 0 Å².